The number of non-ortho nitro benzene ring substituents is 1. The molecule has 1 amide bonds. The van der Waals surface area contributed by atoms with Gasteiger partial charge in [0.25, 0.3) is 5.69 Å². The van der Waals surface area contributed by atoms with Crippen LogP contribution in [0.5, 0.6) is 5.75 Å². The Morgan fingerprint density at radius 1 is 0.800 bits per heavy atom. The van der Waals surface area contributed by atoms with E-state index in [1.165, 1.54) is 12.1 Å². The van der Waals surface area contributed by atoms with Crippen molar-refractivity contribution in [1.29, 1.82) is 0 Å². The van der Waals surface area contributed by atoms with E-state index in [0.29, 0.717) is 0 Å². The molecule has 35 heavy (non-hydrogen) atoms. The van der Waals surface area contributed by atoms with Crippen molar-refractivity contribution in [2.45, 2.75) is 25.7 Å². The highest BCUT2D eigenvalue weighted by molar-refractivity contribution is 5.87. The maximum atomic E-state index is 12.7. The van der Waals surface area contributed by atoms with Crippen molar-refractivity contribution >= 4 is 23.7 Å². The first kappa shape index (κ1) is 24.9. The average molecular weight is 478 g/mol. The quantitative estimate of drug-likeness (QED) is 0.200. The molecular formula is C25H22N2O8. The van der Waals surface area contributed by atoms with Crippen LogP contribution in [0, 0.1) is 10.1 Å². The van der Waals surface area contributed by atoms with Gasteiger partial charge in [-0.05, 0) is 23.3 Å². The van der Waals surface area contributed by atoms with Crippen LogP contribution in [0.25, 0.3) is 0 Å². The molecular weight excluding hydrogens is 456 g/mol. The van der Waals surface area contributed by atoms with Crippen molar-refractivity contribution in [3.8, 4) is 5.75 Å². The summed E-state index contributed by atoms with van der Waals surface area (Å²) >= 11 is 0. The zero-order valence-electron chi connectivity index (χ0n) is 18.5. The van der Waals surface area contributed by atoms with Crippen molar-refractivity contribution in [3.05, 3.63) is 106 Å². The molecule has 0 aliphatic rings. The van der Waals surface area contributed by atoms with Gasteiger partial charge in [-0.1, -0.05) is 60.7 Å². The molecule has 0 radical (unpaired) electrons. The van der Waals surface area contributed by atoms with Crippen LogP contribution in [0.4, 0.5) is 10.5 Å². The number of benzene rings is 3. The number of carbonyl (C=O) groups is 3. The molecule has 0 saturated carbocycles. The summed E-state index contributed by atoms with van der Waals surface area (Å²) in [5.41, 5.74) is 1.30. The third-order valence-corrected chi connectivity index (χ3v) is 4.67. The van der Waals surface area contributed by atoms with Crippen molar-refractivity contribution in [2.75, 3.05) is 0 Å². The number of esters is 2. The second-order valence-electron chi connectivity index (χ2n) is 7.28. The second-order valence-corrected chi connectivity index (χ2v) is 7.28. The summed E-state index contributed by atoms with van der Waals surface area (Å²) in [6.07, 6.45) is -1.45. The Kier molecular flexibility index (Phi) is 8.89. The van der Waals surface area contributed by atoms with E-state index < -0.39 is 35.4 Å². The van der Waals surface area contributed by atoms with Crippen molar-refractivity contribution in [2.24, 2.45) is 0 Å². The number of nitrogens with one attached hydrogen (secondary N) is 1. The van der Waals surface area contributed by atoms with Crippen LogP contribution in [0.15, 0.2) is 84.9 Å². The van der Waals surface area contributed by atoms with E-state index in [4.69, 9.17) is 14.2 Å². The molecule has 0 aliphatic heterocycles. The number of nitro groups is 1. The highest BCUT2D eigenvalue weighted by Crippen LogP contribution is 2.18. The third kappa shape index (κ3) is 8.28. The highest BCUT2D eigenvalue weighted by atomic mass is 16.6. The Labute approximate surface area is 200 Å². The third-order valence-electron chi connectivity index (χ3n) is 4.67. The molecule has 3 aromatic carbocycles. The molecule has 0 aromatic heterocycles. The molecule has 0 bridgehead atoms. The second kappa shape index (κ2) is 12.5. The molecule has 0 heterocycles. The fraction of sp³-hybridized carbons (Fsp3) is 0.160. The summed E-state index contributed by atoms with van der Waals surface area (Å²) < 4.78 is 15.5. The zero-order chi connectivity index (χ0) is 25.0. The number of nitrogens with zero attached hydrogens (tertiary/aromatic N) is 1. The summed E-state index contributed by atoms with van der Waals surface area (Å²) in [4.78, 5) is 47.6. The van der Waals surface area contributed by atoms with E-state index in [1.807, 2.05) is 12.1 Å². The molecule has 10 heteroatoms. The van der Waals surface area contributed by atoms with Crippen molar-refractivity contribution in [3.63, 3.8) is 0 Å². The molecule has 1 unspecified atom stereocenters. The summed E-state index contributed by atoms with van der Waals surface area (Å²) in [7, 11) is 0. The number of rotatable bonds is 10. The monoisotopic (exact) mass is 478 g/mol. The Balaban J connectivity index is 1.63. The minimum Gasteiger partial charge on any atom is -0.461 e. The first-order valence-corrected chi connectivity index (χ1v) is 10.5. The summed E-state index contributed by atoms with van der Waals surface area (Å²) in [6, 6.07) is 21.2. The Bertz CT molecular complexity index is 1090. The van der Waals surface area contributed by atoms with E-state index in [0.717, 1.165) is 23.3 Å². The molecule has 1 N–H and O–H groups in total. The van der Waals surface area contributed by atoms with Gasteiger partial charge in [-0.3, -0.25) is 14.9 Å². The van der Waals surface area contributed by atoms with E-state index in [1.54, 1.807) is 48.5 Å². The van der Waals surface area contributed by atoms with Gasteiger partial charge >= 0.3 is 18.0 Å². The fourth-order valence-corrected chi connectivity index (χ4v) is 2.89. The minimum atomic E-state index is -1.42. The molecule has 3 rings (SSSR count). The first-order valence-electron chi connectivity index (χ1n) is 10.5. The zero-order valence-corrected chi connectivity index (χ0v) is 18.5. The first-order chi connectivity index (χ1) is 16.9. The van der Waals surface area contributed by atoms with Gasteiger partial charge in [-0.25, -0.2) is 9.59 Å². The van der Waals surface area contributed by atoms with Crippen LogP contribution in [-0.4, -0.2) is 29.0 Å². The lowest BCUT2D eigenvalue weighted by molar-refractivity contribution is -0.384. The molecule has 180 valence electrons. The summed E-state index contributed by atoms with van der Waals surface area (Å²) in [6.45, 7) is -0.0580. The smallest absolute Gasteiger partial charge is 0.408 e. The lowest BCUT2D eigenvalue weighted by Crippen LogP contribution is -2.44. The lowest BCUT2D eigenvalue weighted by Gasteiger charge is -2.17. The van der Waals surface area contributed by atoms with E-state index >= 15 is 0 Å². The minimum absolute atomic E-state index is 0.00251. The van der Waals surface area contributed by atoms with Gasteiger partial charge in [0.1, 0.15) is 25.0 Å². The summed E-state index contributed by atoms with van der Waals surface area (Å²) in [5.74, 6) is -1.71. The number of alkyl carbamates (subject to hydrolysis) is 1. The largest absolute Gasteiger partial charge is 0.461 e. The number of amides is 1. The molecule has 0 saturated heterocycles. The Hall–Kier alpha value is -4.73. The predicted molar refractivity (Wildman–Crippen MR) is 123 cm³/mol. The highest BCUT2D eigenvalue weighted by Gasteiger charge is 2.27. The average Bonchev–Trinajstić information content (AvgIpc) is 2.87. The van der Waals surface area contributed by atoms with Gasteiger partial charge in [-0.2, -0.15) is 0 Å². The standard InChI is InChI=1S/C25H22N2O8/c28-23(33-16-18-7-3-1-4-8-18)15-22(26-25(30)34-17-19-9-5-2-6-10-19)24(29)35-21-13-11-20(12-14-21)27(31)32/h1-14,22H,15-17H2,(H,26,30). The SMILES string of the molecule is O=C(CC(NC(=O)OCc1ccccc1)C(=O)Oc1ccc([N+](=O)[O-])cc1)OCc1ccccc1. The van der Waals surface area contributed by atoms with Crippen molar-refractivity contribution < 1.29 is 33.5 Å². The molecule has 0 aliphatic carbocycles. The van der Waals surface area contributed by atoms with Crippen LogP contribution in [0.2, 0.25) is 0 Å². The molecule has 0 spiro atoms. The predicted octanol–water partition coefficient (Wildman–Crippen LogP) is 3.93. The Morgan fingerprint density at radius 2 is 1.34 bits per heavy atom. The van der Waals surface area contributed by atoms with Gasteiger partial charge in [0, 0.05) is 12.1 Å². The maximum Gasteiger partial charge on any atom is 0.408 e. The lowest BCUT2D eigenvalue weighted by atomic mass is 10.2. The van der Waals surface area contributed by atoms with Crippen LogP contribution in [-0.2, 0) is 32.3 Å². The molecule has 0 fully saturated rings. The van der Waals surface area contributed by atoms with Gasteiger partial charge in [0.05, 0.1) is 11.3 Å². The van der Waals surface area contributed by atoms with Gasteiger partial charge in [0.15, 0.2) is 0 Å². The van der Waals surface area contributed by atoms with Crippen LogP contribution >= 0.6 is 0 Å². The van der Waals surface area contributed by atoms with Gasteiger partial charge in [0.2, 0.25) is 0 Å². The fourth-order valence-electron chi connectivity index (χ4n) is 2.89. The van der Waals surface area contributed by atoms with E-state index in [9.17, 15) is 24.5 Å². The molecule has 3 aromatic rings. The number of hydrogen-bond donors (Lipinski definition) is 1. The van der Waals surface area contributed by atoms with Gasteiger partial charge < -0.3 is 19.5 Å². The number of hydrogen-bond acceptors (Lipinski definition) is 8. The maximum absolute atomic E-state index is 12.7. The van der Waals surface area contributed by atoms with Gasteiger partial charge in [-0.15, -0.1) is 0 Å². The van der Waals surface area contributed by atoms with Crippen LogP contribution in [0.3, 0.4) is 0 Å². The van der Waals surface area contributed by atoms with Crippen LogP contribution < -0.4 is 10.1 Å². The number of nitro benzene ring substituents is 1. The van der Waals surface area contributed by atoms with Crippen LogP contribution in [0.1, 0.15) is 17.5 Å². The van der Waals surface area contributed by atoms with Crippen molar-refractivity contribution in [1.82, 2.24) is 5.32 Å². The number of ether oxygens (including phenoxy) is 3. The number of carbonyl (C=O) groups excluding carboxylic acids is 3. The summed E-state index contributed by atoms with van der Waals surface area (Å²) in [5, 5.41) is 13.1. The normalized spacial score (nSPS) is 11.1. The molecule has 1 atom stereocenters. The topological polar surface area (TPSA) is 134 Å². The molecule has 10 nitrogen and oxygen atoms in total. The Morgan fingerprint density at radius 3 is 1.89 bits per heavy atom. The van der Waals surface area contributed by atoms with E-state index in [2.05, 4.69) is 5.32 Å². The van der Waals surface area contributed by atoms with E-state index in [-0.39, 0.29) is 24.7 Å².